The van der Waals surface area contributed by atoms with E-state index in [-0.39, 0.29) is 22.4 Å². The van der Waals surface area contributed by atoms with Gasteiger partial charge in [0.25, 0.3) is 5.91 Å². The van der Waals surface area contributed by atoms with Gasteiger partial charge in [0.05, 0.1) is 22.9 Å². The molecule has 0 fully saturated rings. The lowest BCUT2D eigenvalue weighted by atomic mass is 10.1. The summed E-state index contributed by atoms with van der Waals surface area (Å²) >= 11 is 5.92. The molecule has 0 unspecified atom stereocenters. The topological polar surface area (TPSA) is 70.9 Å². The highest BCUT2D eigenvalue weighted by molar-refractivity contribution is 6.32. The third-order valence-electron chi connectivity index (χ3n) is 2.62. The van der Waals surface area contributed by atoms with Crippen LogP contribution < -0.4 is 10.2 Å². The molecule has 0 atom stereocenters. The second-order valence-electron chi connectivity index (χ2n) is 3.98. The van der Waals surface area contributed by atoms with Crippen molar-refractivity contribution in [3.8, 4) is 11.5 Å². The summed E-state index contributed by atoms with van der Waals surface area (Å²) < 4.78 is 5.28. The van der Waals surface area contributed by atoms with Gasteiger partial charge in [0.1, 0.15) is 0 Å². The van der Waals surface area contributed by atoms with Gasteiger partial charge in [0.2, 0.25) is 0 Å². The number of amides is 1. The van der Waals surface area contributed by atoms with E-state index in [1.54, 1.807) is 32.1 Å². The first-order valence-electron chi connectivity index (χ1n) is 5.75. The van der Waals surface area contributed by atoms with Crippen molar-refractivity contribution in [2.45, 2.75) is 13.8 Å². The quantitative estimate of drug-likeness (QED) is 0.835. The van der Waals surface area contributed by atoms with Gasteiger partial charge >= 0.3 is 0 Å². The Morgan fingerprint density at radius 2 is 2.26 bits per heavy atom. The zero-order chi connectivity index (χ0) is 14.0. The van der Waals surface area contributed by atoms with Crippen molar-refractivity contribution in [1.29, 1.82) is 0 Å². The largest absolute Gasteiger partial charge is 0.503 e. The van der Waals surface area contributed by atoms with E-state index in [1.165, 1.54) is 0 Å². The van der Waals surface area contributed by atoms with Gasteiger partial charge < -0.3 is 9.84 Å². The fraction of sp³-hybridized carbons (Fsp3) is 0.231. The third-order valence-corrected chi connectivity index (χ3v) is 2.91. The predicted octanol–water partition coefficient (Wildman–Crippen LogP) is 2.33. The molecule has 6 heteroatoms. The van der Waals surface area contributed by atoms with E-state index in [0.29, 0.717) is 23.5 Å². The van der Waals surface area contributed by atoms with Crippen molar-refractivity contribution < 1.29 is 14.6 Å². The van der Waals surface area contributed by atoms with Crippen molar-refractivity contribution >= 4 is 29.3 Å². The molecule has 0 saturated heterocycles. The molecule has 2 N–H and O–H groups in total. The van der Waals surface area contributed by atoms with Crippen LogP contribution in [0, 0.1) is 0 Å². The molecule has 0 bridgehead atoms. The highest BCUT2D eigenvalue weighted by Crippen LogP contribution is 2.36. The minimum Gasteiger partial charge on any atom is -0.503 e. The number of halogens is 1. The summed E-state index contributed by atoms with van der Waals surface area (Å²) in [6, 6.07) is 3.18. The van der Waals surface area contributed by atoms with Crippen molar-refractivity contribution in [2.75, 3.05) is 6.61 Å². The number of phenols is 1. The monoisotopic (exact) mass is 280 g/mol. The molecule has 0 spiro atoms. The van der Waals surface area contributed by atoms with Crippen LogP contribution >= 0.6 is 11.6 Å². The molecule has 0 aliphatic carbocycles. The van der Waals surface area contributed by atoms with Crippen molar-refractivity contribution in [3.05, 3.63) is 28.3 Å². The van der Waals surface area contributed by atoms with Crippen LogP contribution in [-0.2, 0) is 4.79 Å². The molecule has 5 nitrogen and oxygen atoms in total. The normalized spacial score (nSPS) is 16.5. The number of carbonyl (C=O) groups excluding carboxylic acids is 1. The standard InChI is InChI=1S/C13H13ClN2O3/c1-3-19-11-6-8(5-10(14)12(11)17)4-9-7(2)15-16-13(9)18/h4-6,17H,3H2,1-2H3,(H,16,18)/b9-4-. The summed E-state index contributed by atoms with van der Waals surface area (Å²) in [5.41, 5.74) is 4.10. The number of rotatable bonds is 3. The maximum atomic E-state index is 11.5. The lowest BCUT2D eigenvalue weighted by molar-refractivity contribution is -0.116. The highest BCUT2D eigenvalue weighted by atomic mass is 35.5. The predicted molar refractivity (Wildman–Crippen MR) is 73.5 cm³/mol. The summed E-state index contributed by atoms with van der Waals surface area (Å²) in [6.07, 6.45) is 1.65. The van der Waals surface area contributed by atoms with E-state index < -0.39 is 0 Å². The Bertz CT molecular complexity index is 594. The Morgan fingerprint density at radius 3 is 2.84 bits per heavy atom. The lowest BCUT2D eigenvalue weighted by Crippen LogP contribution is -2.12. The first kappa shape index (κ1) is 13.4. The van der Waals surface area contributed by atoms with E-state index in [1.807, 2.05) is 0 Å². The third kappa shape index (κ3) is 2.71. The maximum absolute atomic E-state index is 11.5. The van der Waals surface area contributed by atoms with Crippen LogP contribution in [0.25, 0.3) is 6.08 Å². The zero-order valence-corrected chi connectivity index (χ0v) is 11.3. The summed E-state index contributed by atoms with van der Waals surface area (Å²) in [5.74, 6) is -0.0820. The fourth-order valence-corrected chi connectivity index (χ4v) is 1.92. The molecule has 1 heterocycles. The van der Waals surface area contributed by atoms with Crippen LogP contribution in [-0.4, -0.2) is 23.3 Å². The highest BCUT2D eigenvalue weighted by Gasteiger charge is 2.19. The van der Waals surface area contributed by atoms with Gasteiger partial charge in [-0.1, -0.05) is 11.6 Å². The smallest absolute Gasteiger partial charge is 0.273 e. The number of hydrogen-bond donors (Lipinski definition) is 2. The number of ether oxygens (including phenoxy) is 1. The summed E-state index contributed by atoms with van der Waals surface area (Å²) in [4.78, 5) is 11.5. The Hall–Kier alpha value is -2.01. The zero-order valence-electron chi connectivity index (χ0n) is 10.5. The molecular formula is C13H13ClN2O3. The molecule has 1 aromatic rings. The van der Waals surface area contributed by atoms with Crippen LogP contribution in [0.1, 0.15) is 19.4 Å². The molecule has 1 aliphatic rings. The molecule has 1 aromatic carbocycles. The van der Waals surface area contributed by atoms with Gasteiger partial charge in [-0.3, -0.25) is 4.79 Å². The lowest BCUT2D eigenvalue weighted by Gasteiger charge is -2.08. The van der Waals surface area contributed by atoms with Gasteiger partial charge in [-0.25, -0.2) is 5.43 Å². The van der Waals surface area contributed by atoms with Gasteiger partial charge in [0, 0.05) is 0 Å². The summed E-state index contributed by atoms with van der Waals surface area (Å²) in [5, 5.41) is 13.7. The van der Waals surface area contributed by atoms with Crippen molar-refractivity contribution in [2.24, 2.45) is 5.10 Å². The first-order valence-corrected chi connectivity index (χ1v) is 6.12. The van der Waals surface area contributed by atoms with Crippen molar-refractivity contribution in [1.82, 2.24) is 5.43 Å². The number of phenolic OH excluding ortho intramolecular Hbond substituents is 1. The van der Waals surface area contributed by atoms with Gasteiger partial charge in [0.15, 0.2) is 11.5 Å². The number of benzene rings is 1. The van der Waals surface area contributed by atoms with Crippen molar-refractivity contribution in [3.63, 3.8) is 0 Å². The minimum atomic E-state index is -0.264. The molecule has 0 aromatic heterocycles. The average molecular weight is 281 g/mol. The number of aromatic hydroxyl groups is 1. The number of nitrogens with zero attached hydrogens (tertiary/aromatic N) is 1. The summed E-state index contributed by atoms with van der Waals surface area (Å²) in [7, 11) is 0. The number of nitrogens with one attached hydrogen (secondary N) is 1. The summed E-state index contributed by atoms with van der Waals surface area (Å²) in [6.45, 7) is 3.94. The Balaban J connectivity index is 2.44. The molecule has 100 valence electrons. The van der Waals surface area contributed by atoms with Crippen LogP contribution in [0.15, 0.2) is 22.8 Å². The van der Waals surface area contributed by atoms with Gasteiger partial charge in [-0.05, 0) is 37.6 Å². The SMILES string of the molecule is CCOc1cc(/C=C2\C(=O)NN=C2C)cc(Cl)c1O. The maximum Gasteiger partial charge on any atom is 0.273 e. The van der Waals surface area contributed by atoms with Crippen LogP contribution in [0.2, 0.25) is 5.02 Å². The minimum absolute atomic E-state index is 0.105. The van der Waals surface area contributed by atoms with E-state index in [0.717, 1.165) is 0 Å². The van der Waals surface area contributed by atoms with Gasteiger partial charge in [-0.2, -0.15) is 5.10 Å². The fourth-order valence-electron chi connectivity index (χ4n) is 1.70. The second-order valence-corrected chi connectivity index (χ2v) is 4.39. The Labute approximate surface area is 115 Å². The van der Waals surface area contributed by atoms with Gasteiger partial charge in [-0.15, -0.1) is 0 Å². The number of hydrazone groups is 1. The molecule has 1 aliphatic heterocycles. The molecule has 19 heavy (non-hydrogen) atoms. The van der Waals surface area contributed by atoms with Crippen LogP contribution in [0.3, 0.4) is 0 Å². The van der Waals surface area contributed by atoms with Crippen LogP contribution in [0.4, 0.5) is 0 Å². The van der Waals surface area contributed by atoms with E-state index >= 15 is 0 Å². The van der Waals surface area contributed by atoms with E-state index in [2.05, 4.69) is 10.5 Å². The number of carbonyl (C=O) groups is 1. The number of hydrogen-bond acceptors (Lipinski definition) is 4. The molecule has 2 rings (SSSR count). The average Bonchev–Trinajstić information content (AvgIpc) is 2.67. The Kier molecular flexibility index (Phi) is 3.76. The first-order chi connectivity index (χ1) is 9.02. The molecule has 0 saturated carbocycles. The van der Waals surface area contributed by atoms with Crippen LogP contribution in [0.5, 0.6) is 11.5 Å². The van der Waals surface area contributed by atoms with E-state index in [9.17, 15) is 9.90 Å². The Morgan fingerprint density at radius 1 is 1.53 bits per heavy atom. The molecular weight excluding hydrogens is 268 g/mol. The molecule has 1 amide bonds. The van der Waals surface area contributed by atoms with E-state index in [4.69, 9.17) is 16.3 Å². The molecule has 0 radical (unpaired) electrons. The second kappa shape index (κ2) is 5.32.